The Kier molecular flexibility index (Phi) is 3.37. The second-order valence-corrected chi connectivity index (χ2v) is 4.96. The molecular weight excluding hydrogens is 256 g/mol. The van der Waals surface area contributed by atoms with E-state index in [0.29, 0.717) is 18.8 Å². The number of fused-ring (bicyclic) bond motifs is 1. The first-order valence-electron chi connectivity index (χ1n) is 6.57. The summed E-state index contributed by atoms with van der Waals surface area (Å²) in [4.78, 5) is 18.0. The third kappa shape index (κ3) is 2.49. The molecule has 0 saturated heterocycles. The Morgan fingerprint density at radius 1 is 1.55 bits per heavy atom. The summed E-state index contributed by atoms with van der Waals surface area (Å²) in [6.07, 6.45) is 5.05. The molecule has 0 bridgehead atoms. The minimum atomic E-state index is -0.0208. The van der Waals surface area contributed by atoms with Gasteiger partial charge in [-0.1, -0.05) is 6.92 Å². The molecule has 1 amide bonds. The quantitative estimate of drug-likeness (QED) is 0.915. The summed E-state index contributed by atoms with van der Waals surface area (Å²) in [5.74, 6) is 0.853. The Balaban J connectivity index is 1.61. The minimum absolute atomic E-state index is 0.0208. The van der Waals surface area contributed by atoms with Gasteiger partial charge < -0.3 is 9.64 Å². The highest BCUT2D eigenvalue weighted by molar-refractivity contribution is 5.78. The zero-order valence-electron chi connectivity index (χ0n) is 11.2. The Labute approximate surface area is 116 Å². The molecule has 3 heterocycles. The second kappa shape index (κ2) is 5.32. The molecule has 104 valence electrons. The third-order valence-corrected chi connectivity index (χ3v) is 3.45. The molecule has 6 heteroatoms. The molecule has 1 atom stereocenters. The highest BCUT2D eigenvalue weighted by Gasteiger charge is 2.27. The molecule has 2 aromatic rings. The molecule has 20 heavy (non-hydrogen) atoms. The highest BCUT2D eigenvalue weighted by Crippen LogP contribution is 2.25. The van der Waals surface area contributed by atoms with Gasteiger partial charge in [0.1, 0.15) is 5.75 Å². The van der Waals surface area contributed by atoms with Crippen LogP contribution in [-0.2, 0) is 11.3 Å². The molecule has 0 spiro atoms. The van der Waals surface area contributed by atoms with Crippen LogP contribution in [0.5, 0.6) is 5.75 Å². The van der Waals surface area contributed by atoms with Crippen LogP contribution in [0.1, 0.15) is 24.1 Å². The maximum atomic E-state index is 12.2. The summed E-state index contributed by atoms with van der Waals surface area (Å²) in [6.45, 7) is 3.39. The minimum Gasteiger partial charge on any atom is -0.482 e. The topological polar surface area (TPSA) is 71.1 Å². The van der Waals surface area contributed by atoms with E-state index in [2.05, 4.69) is 22.1 Å². The number of carbonyl (C=O) groups is 1. The van der Waals surface area contributed by atoms with Crippen LogP contribution in [0.2, 0.25) is 0 Å². The number of carbonyl (C=O) groups excluding carboxylic acids is 1. The van der Waals surface area contributed by atoms with Crippen molar-refractivity contribution in [1.82, 2.24) is 20.1 Å². The summed E-state index contributed by atoms with van der Waals surface area (Å²) >= 11 is 0. The van der Waals surface area contributed by atoms with Crippen molar-refractivity contribution in [3.8, 4) is 5.75 Å². The zero-order valence-corrected chi connectivity index (χ0v) is 11.2. The molecule has 1 aliphatic heterocycles. The number of ether oxygens (including phenoxy) is 1. The average Bonchev–Trinajstić information content (AvgIpc) is 2.95. The molecule has 1 aliphatic rings. The van der Waals surface area contributed by atoms with Gasteiger partial charge in [-0.2, -0.15) is 5.10 Å². The van der Waals surface area contributed by atoms with Gasteiger partial charge >= 0.3 is 0 Å². The van der Waals surface area contributed by atoms with E-state index >= 15 is 0 Å². The number of nitrogens with zero attached hydrogens (tertiary/aromatic N) is 3. The molecule has 1 N–H and O–H groups in total. The van der Waals surface area contributed by atoms with Crippen LogP contribution in [0.25, 0.3) is 0 Å². The third-order valence-electron chi connectivity index (χ3n) is 3.45. The maximum Gasteiger partial charge on any atom is 0.260 e. The van der Waals surface area contributed by atoms with Crippen molar-refractivity contribution in [2.24, 2.45) is 0 Å². The molecular formula is C14H16N4O2. The van der Waals surface area contributed by atoms with Gasteiger partial charge in [-0.05, 0) is 12.1 Å². The predicted octanol–water partition coefficient (Wildman–Crippen LogP) is 1.33. The Morgan fingerprint density at radius 3 is 3.25 bits per heavy atom. The van der Waals surface area contributed by atoms with Crippen molar-refractivity contribution < 1.29 is 9.53 Å². The van der Waals surface area contributed by atoms with Crippen molar-refractivity contribution in [2.75, 3.05) is 13.2 Å². The van der Waals surface area contributed by atoms with E-state index in [-0.39, 0.29) is 18.4 Å². The van der Waals surface area contributed by atoms with Crippen LogP contribution in [0.4, 0.5) is 0 Å². The summed E-state index contributed by atoms with van der Waals surface area (Å²) in [5, 5.41) is 7.04. The van der Waals surface area contributed by atoms with Gasteiger partial charge in [0.2, 0.25) is 0 Å². The van der Waals surface area contributed by atoms with E-state index in [0.717, 1.165) is 11.3 Å². The summed E-state index contributed by atoms with van der Waals surface area (Å²) in [5.41, 5.74) is 2.21. The molecule has 2 aromatic heterocycles. The predicted molar refractivity (Wildman–Crippen MR) is 72.2 cm³/mol. The molecule has 0 radical (unpaired) electrons. The first-order chi connectivity index (χ1) is 9.74. The van der Waals surface area contributed by atoms with Crippen molar-refractivity contribution in [1.29, 1.82) is 0 Å². The summed E-state index contributed by atoms with van der Waals surface area (Å²) in [7, 11) is 0. The van der Waals surface area contributed by atoms with E-state index in [1.54, 1.807) is 35.6 Å². The maximum absolute atomic E-state index is 12.2. The lowest BCUT2D eigenvalue weighted by Gasteiger charge is -2.30. The lowest BCUT2D eigenvalue weighted by molar-refractivity contribution is -0.134. The van der Waals surface area contributed by atoms with Crippen LogP contribution in [0, 0.1) is 0 Å². The SMILES string of the molecule is CC1CN(C(=O)COc2cccnc2)Cc2cn[nH]c21. The average molecular weight is 272 g/mol. The van der Waals surface area contributed by atoms with E-state index in [1.807, 2.05) is 0 Å². The number of rotatable bonds is 3. The van der Waals surface area contributed by atoms with Gasteiger partial charge in [-0.25, -0.2) is 0 Å². The normalized spacial score (nSPS) is 17.6. The van der Waals surface area contributed by atoms with E-state index < -0.39 is 0 Å². The first kappa shape index (κ1) is 12.7. The van der Waals surface area contributed by atoms with Gasteiger partial charge in [-0.3, -0.25) is 14.9 Å². The zero-order chi connectivity index (χ0) is 13.9. The van der Waals surface area contributed by atoms with Crippen LogP contribution in [0.3, 0.4) is 0 Å². The van der Waals surface area contributed by atoms with Crippen molar-refractivity contribution in [2.45, 2.75) is 19.4 Å². The number of amides is 1. The number of aromatic amines is 1. The Hall–Kier alpha value is -2.37. The van der Waals surface area contributed by atoms with Crippen LogP contribution in [-0.4, -0.2) is 39.1 Å². The van der Waals surface area contributed by atoms with E-state index in [1.165, 1.54) is 0 Å². The van der Waals surface area contributed by atoms with E-state index in [9.17, 15) is 4.79 Å². The largest absolute Gasteiger partial charge is 0.482 e. The van der Waals surface area contributed by atoms with Crippen molar-refractivity contribution in [3.63, 3.8) is 0 Å². The summed E-state index contributed by atoms with van der Waals surface area (Å²) in [6, 6.07) is 3.56. The lowest BCUT2D eigenvalue weighted by Crippen LogP contribution is -2.40. The van der Waals surface area contributed by atoms with Gasteiger partial charge in [0.25, 0.3) is 5.91 Å². The van der Waals surface area contributed by atoms with Gasteiger partial charge in [0.15, 0.2) is 6.61 Å². The molecule has 0 saturated carbocycles. The molecule has 6 nitrogen and oxygen atoms in total. The first-order valence-corrected chi connectivity index (χ1v) is 6.57. The Morgan fingerprint density at radius 2 is 2.45 bits per heavy atom. The van der Waals surface area contributed by atoms with Crippen LogP contribution in [0.15, 0.2) is 30.7 Å². The number of aromatic nitrogens is 3. The fourth-order valence-corrected chi connectivity index (χ4v) is 2.42. The lowest BCUT2D eigenvalue weighted by atomic mass is 9.98. The van der Waals surface area contributed by atoms with Crippen molar-refractivity contribution in [3.05, 3.63) is 42.0 Å². The van der Waals surface area contributed by atoms with Crippen LogP contribution >= 0.6 is 0 Å². The standard InChI is InChI=1S/C14H16N4O2/c1-10-7-18(8-11-5-16-17-14(10)11)13(19)9-20-12-3-2-4-15-6-12/h2-6,10H,7-9H2,1H3,(H,16,17). The van der Waals surface area contributed by atoms with Gasteiger partial charge in [-0.15, -0.1) is 0 Å². The Bertz CT molecular complexity index is 596. The number of hydrogen-bond donors (Lipinski definition) is 1. The monoisotopic (exact) mass is 272 g/mol. The van der Waals surface area contributed by atoms with Crippen molar-refractivity contribution >= 4 is 5.91 Å². The summed E-state index contributed by atoms with van der Waals surface area (Å²) < 4.78 is 5.45. The number of hydrogen-bond acceptors (Lipinski definition) is 4. The highest BCUT2D eigenvalue weighted by atomic mass is 16.5. The van der Waals surface area contributed by atoms with E-state index in [4.69, 9.17) is 4.74 Å². The van der Waals surface area contributed by atoms with Crippen LogP contribution < -0.4 is 4.74 Å². The molecule has 1 unspecified atom stereocenters. The molecule has 0 fully saturated rings. The molecule has 3 rings (SSSR count). The number of H-pyrrole nitrogens is 1. The second-order valence-electron chi connectivity index (χ2n) is 4.96. The molecule has 0 aliphatic carbocycles. The fraction of sp³-hybridized carbons (Fsp3) is 0.357. The smallest absolute Gasteiger partial charge is 0.260 e. The number of nitrogens with one attached hydrogen (secondary N) is 1. The van der Waals surface area contributed by atoms with Gasteiger partial charge in [0, 0.05) is 36.5 Å². The fourth-order valence-electron chi connectivity index (χ4n) is 2.42. The molecule has 0 aromatic carbocycles. The number of pyridine rings is 1. The van der Waals surface area contributed by atoms with Gasteiger partial charge in [0.05, 0.1) is 12.4 Å².